The lowest BCUT2D eigenvalue weighted by Crippen LogP contribution is -2.29. The van der Waals surface area contributed by atoms with Gasteiger partial charge in [-0.05, 0) is 58.1 Å². The maximum Gasteiger partial charge on any atom is 0.0703 e. The van der Waals surface area contributed by atoms with Crippen molar-refractivity contribution in [1.29, 1.82) is 0 Å². The first kappa shape index (κ1) is 13.0. The molecule has 2 heteroatoms. The molecule has 0 radical (unpaired) electrons. The van der Waals surface area contributed by atoms with Gasteiger partial charge in [-0.1, -0.05) is 18.2 Å². The standard InChI is InChI=1S/C17H25NO/c1-16(2)11-14(17(3,4)19-16)13-9-5-7-12-8-6-10-18-15(12)13/h5,7,9,14,18H,6,8,10-11H2,1-4H3. The van der Waals surface area contributed by atoms with Crippen LogP contribution in [0.2, 0.25) is 0 Å². The fourth-order valence-electron chi connectivity index (χ4n) is 3.87. The second-order valence-electron chi connectivity index (χ2n) is 7.13. The van der Waals surface area contributed by atoms with Gasteiger partial charge in [0.1, 0.15) is 0 Å². The number of hydrogen-bond donors (Lipinski definition) is 1. The minimum atomic E-state index is -0.0856. The number of nitrogens with one attached hydrogen (secondary N) is 1. The monoisotopic (exact) mass is 259 g/mol. The molecule has 0 saturated carbocycles. The van der Waals surface area contributed by atoms with Crippen molar-refractivity contribution in [2.24, 2.45) is 0 Å². The summed E-state index contributed by atoms with van der Waals surface area (Å²) in [6.07, 6.45) is 3.54. The van der Waals surface area contributed by atoms with Crippen LogP contribution in [0, 0.1) is 0 Å². The summed E-state index contributed by atoms with van der Waals surface area (Å²) in [7, 11) is 0. The van der Waals surface area contributed by atoms with Gasteiger partial charge in [0, 0.05) is 18.2 Å². The third-order valence-corrected chi connectivity index (χ3v) is 4.56. The fraction of sp³-hybridized carbons (Fsp3) is 0.647. The highest BCUT2D eigenvalue weighted by molar-refractivity contribution is 5.61. The molecule has 1 atom stereocenters. The van der Waals surface area contributed by atoms with Gasteiger partial charge in [-0.25, -0.2) is 0 Å². The van der Waals surface area contributed by atoms with E-state index in [4.69, 9.17) is 4.74 Å². The molecular weight excluding hydrogens is 234 g/mol. The Bertz CT molecular complexity index is 490. The van der Waals surface area contributed by atoms with Crippen LogP contribution in [0.5, 0.6) is 0 Å². The van der Waals surface area contributed by atoms with E-state index >= 15 is 0 Å². The average Bonchev–Trinajstić information content (AvgIpc) is 2.56. The number of ether oxygens (including phenoxy) is 1. The Morgan fingerprint density at radius 1 is 1.21 bits per heavy atom. The summed E-state index contributed by atoms with van der Waals surface area (Å²) in [4.78, 5) is 0. The molecule has 1 N–H and O–H groups in total. The average molecular weight is 259 g/mol. The first-order valence-corrected chi connectivity index (χ1v) is 7.45. The van der Waals surface area contributed by atoms with Crippen LogP contribution in [-0.2, 0) is 11.2 Å². The second-order valence-corrected chi connectivity index (χ2v) is 7.13. The van der Waals surface area contributed by atoms with Gasteiger partial charge < -0.3 is 10.1 Å². The molecule has 0 bridgehead atoms. The summed E-state index contributed by atoms with van der Waals surface area (Å²) in [5, 5.41) is 3.62. The molecule has 1 saturated heterocycles. The van der Waals surface area contributed by atoms with E-state index in [0.717, 1.165) is 13.0 Å². The van der Waals surface area contributed by atoms with Crippen LogP contribution in [0.3, 0.4) is 0 Å². The molecule has 0 spiro atoms. The lowest BCUT2D eigenvalue weighted by atomic mass is 9.79. The van der Waals surface area contributed by atoms with Gasteiger partial charge >= 0.3 is 0 Å². The van der Waals surface area contributed by atoms with Crippen molar-refractivity contribution < 1.29 is 4.74 Å². The van der Waals surface area contributed by atoms with Crippen LogP contribution in [-0.4, -0.2) is 17.7 Å². The molecule has 1 unspecified atom stereocenters. The molecule has 1 aromatic rings. The highest BCUT2D eigenvalue weighted by Crippen LogP contribution is 2.50. The van der Waals surface area contributed by atoms with Crippen LogP contribution < -0.4 is 5.32 Å². The van der Waals surface area contributed by atoms with E-state index in [-0.39, 0.29) is 11.2 Å². The van der Waals surface area contributed by atoms with Crippen LogP contribution in [0.4, 0.5) is 5.69 Å². The largest absolute Gasteiger partial charge is 0.385 e. The van der Waals surface area contributed by atoms with Crippen LogP contribution in [0.25, 0.3) is 0 Å². The summed E-state index contributed by atoms with van der Waals surface area (Å²) < 4.78 is 6.27. The second kappa shape index (κ2) is 4.24. The molecule has 2 heterocycles. The van der Waals surface area contributed by atoms with Crippen molar-refractivity contribution in [3.05, 3.63) is 29.3 Å². The van der Waals surface area contributed by atoms with Gasteiger partial charge in [0.2, 0.25) is 0 Å². The summed E-state index contributed by atoms with van der Waals surface area (Å²) >= 11 is 0. The van der Waals surface area contributed by atoms with Crippen LogP contribution >= 0.6 is 0 Å². The van der Waals surface area contributed by atoms with Gasteiger partial charge in [-0.15, -0.1) is 0 Å². The van der Waals surface area contributed by atoms with Gasteiger partial charge in [-0.3, -0.25) is 0 Å². The van der Waals surface area contributed by atoms with Gasteiger partial charge in [0.25, 0.3) is 0 Å². The minimum absolute atomic E-state index is 0.0223. The van der Waals surface area contributed by atoms with E-state index in [2.05, 4.69) is 51.2 Å². The fourth-order valence-corrected chi connectivity index (χ4v) is 3.87. The number of aryl methyl sites for hydroxylation is 1. The zero-order valence-electron chi connectivity index (χ0n) is 12.5. The lowest BCUT2D eigenvalue weighted by molar-refractivity contribution is -0.0680. The maximum absolute atomic E-state index is 6.27. The molecule has 1 fully saturated rings. The van der Waals surface area contributed by atoms with Crippen LogP contribution in [0.15, 0.2) is 18.2 Å². The summed E-state index contributed by atoms with van der Waals surface area (Å²) in [5.74, 6) is 0.475. The Hall–Kier alpha value is -1.02. The van der Waals surface area contributed by atoms with Gasteiger partial charge in [-0.2, -0.15) is 0 Å². The predicted octanol–water partition coefficient (Wildman–Crippen LogP) is 4.11. The predicted molar refractivity (Wildman–Crippen MR) is 79.9 cm³/mol. The Morgan fingerprint density at radius 2 is 2.00 bits per heavy atom. The molecule has 19 heavy (non-hydrogen) atoms. The first-order valence-electron chi connectivity index (χ1n) is 7.45. The molecular formula is C17H25NO. The molecule has 0 aliphatic carbocycles. The number of hydrogen-bond acceptors (Lipinski definition) is 2. The highest BCUT2D eigenvalue weighted by Gasteiger charge is 2.47. The van der Waals surface area contributed by atoms with E-state index in [1.54, 1.807) is 0 Å². The highest BCUT2D eigenvalue weighted by atomic mass is 16.5. The third-order valence-electron chi connectivity index (χ3n) is 4.56. The van der Waals surface area contributed by atoms with Crippen LogP contribution in [0.1, 0.15) is 57.6 Å². The molecule has 2 aliphatic rings. The number of anilines is 1. The van der Waals surface area contributed by atoms with Crippen molar-refractivity contribution in [2.45, 2.75) is 64.1 Å². The van der Waals surface area contributed by atoms with Crippen molar-refractivity contribution in [1.82, 2.24) is 0 Å². The van der Waals surface area contributed by atoms with Crippen molar-refractivity contribution >= 4 is 5.69 Å². The summed E-state index contributed by atoms with van der Waals surface area (Å²) in [6.45, 7) is 9.97. The van der Waals surface area contributed by atoms with E-state index in [9.17, 15) is 0 Å². The zero-order valence-corrected chi connectivity index (χ0v) is 12.5. The Kier molecular flexibility index (Phi) is 2.90. The van der Waals surface area contributed by atoms with E-state index in [0.29, 0.717) is 5.92 Å². The van der Waals surface area contributed by atoms with E-state index < -0.39 is 0 Å². The van der Waals surface area contributed by atoms with E-state index in [1.165, 1.54) is 29.7 Å². The number of rotatable bonds is 1. The lowest BCUT2D eigenvalue weighted by Gasteiger charge is -2.30. The maximum atomic E-state index is 6.27. The quantitative estimate of drug-likeness (QED) is 0.819. The molecule has 1 aromatic carbocycles. The molecule has 3 rings (SSSR count). The Balaban J connectivity index is 2.03. The van der Waals surface area contributed by atoms with Crippen molar-refractivity contribution in [2.75, 3.05) is 11.9 Å². The molecule has 2 aliphatic heterocycles. The number of para-hydroxylation sites is 1. The number of fused-ring (bicyclic) bond motifs is 1. The summed E-state index contributed by atoms with van der Waals surface area (Å²) in [6, 6.07) is 6.76. The van der Waals surface area contributed by atoms with E-state index in [1.807, 2.05) is 0 Å². The smallest absolute Gasteiger partial charge is 0.0703 e. The Labute approximate surface area is 116 Å². The number of benzene rings is 1. The van der Waals surface area contributed by atoms with Gasteiger partial charge in [0.15, 0.2) is 0 Å². The first-order chi connectivity index (χ1) is 8.89. The van der Waals surface area contributed by atoms with Crippen molar-refractivity contribution in [3.8, 4) is 0 Å². The summed E-state index contributed by atoms with van der Waals surface area (Å²) in [5.41, 5.74) is 4.20. The molecule has 0 aromatic heterocycles. The molecule has 0 amide bonds. The molecule has 104 valence electrons. The van der Waals surface area contributed by atoms with Gasteiger partial charge in [0.05, 0.1) is 11.2 Å². The third kappa shape index (κ3) is 2.27. The van der Waals surface area contributed by atoms with Crippen molar-refractivity contribution in [3.63, 3.8) is 0 Å². The zero-order chi connectivity index (χ0) is 13.7. The Morgan fingerprint density at radius 3 is 2.68 bits per heavy atom. The molecule has 2 nitrogen and oxygen atoms in total. The SMILES string of the molecule is CC1(C)CC(c2cccc3c2NCCC3)C(C)(C)O1. The normalized spacial score (nSPS) is 27.7. The topological polar surface area (TPSA) is 21.3 Å². The minimum Gasteiger partial charge on any atom is -0.385 e.